The summed E-state index contributed by atoms with van der Waals surface area (Å²) in [7, 11) is 0. The van der Waals surface area contributed by atoms with Gasteiger partial charge in [-0.3, -0.25) is 4.79 Å². The molecule has 0 aliphatic heterocycles. The third kappa shape index (κ3) is 5.75. The van der Waals surface area contributed by atoms with Gasteiger partial charge < -0.3 is 15.8 Å². The normalized spacial score (nSPS) is 11.8. The lowest BCUT2D eigenvalue weighted by atomic mass is 10.1. The first-order valence-electron chi connectivity index (χ1n) is 7.87. The van der Waals surface area contributed by atoms with Gasteiger partial charge in [0.15, 0.2) is 0 Å². The highest BCUT2D eigenvalue weighted by Crippen LogP contribution is 2.27. The second-order valence-corrected chi connectivity index (χ2v) is 5.84. The summed E-state index contributed by atoms with van der Waals surface area (Å²) >= 11 is 0. The summed E-state index contributed by atoms with van der Waals surface area (Å²) in [6.45, 7) is 4.36. The summed E-state index contributed by atoms with van der Waals surface area (Å²) in [5.74, 6) is 0.638. The minimum absolute atomic E-state index is 0.0209. The molecular weight excluding hydrogens is 288 g/mol. The Morgan fingerprint density at radius 2 is 1.96 bits per heavy atom. The molecule has 3 N–H and O–H groups in total. The molecule has 4 nitrogen and oxygen atoms in total. The number of amides is 1. The van der Waals surface area contributed by atoms with Gasteiger partial charge in [0.05, 0.1) is 5.69 Å². The van der Waals surface area contributed by atoms with Crippen molar-refractivity contribution in [1.29, 1.82) is 0 Å². The number of aryl methyl sites for hydroxylation is 1. The molecule has 2 aromatic rings. The molecule has 0 aliphatic rings. The average Bonchev–Trinajstić information content (AvgIpc) is 2.54. The van der Waals surface area contributed by atoms with E-state index in [0.29, 0.717) is 30.9 Å². The van der Waals surface area contributed by atoms with E-state index in [1.807, 2.05) is 62.4 Å². The van der Waals surface area contributed by atoms with E-state index in [1.54, 1.807) is 0 Å². The molecule has 2 aromatic carbocycles. The van der Waals surface area contributed by atoms with Gasteiger partial charge in [0, 0.05) is 12.5 Å². The van der Waals surface area contributed by atoms with Crippen LogP contribution in [0.2, 0.25) is 0 Å². The number of nitrogens with two attached hydrogens (primary N) is 1. The summed E-state index contributed by atoms with van der Waals surface area (Å²) in [5, 5.41) is 2.91. The fraction of sp³-hybridized carbons (Fsp3) is 0.316. The molecule has 0 bridgehead atoms. The number of carbonyl (C=O) groups is 1. The zero-order chi connectivity index (χ0) is 16.7. The summed E-state index contributed by atoms with van der Waals surface area (Å²) in [4.78, 5) is 12.0. The molecule has 0 spiro atoms. The highest BCUT2D eigenvalue weighted by atomic mass is 16.5. The summed E-state index contributed by atoms with van der Waals surface area (Å²) in [6.07, 6.45) is 1.07. The molecule has 0 heterocycles. The average molecular weight is 312 g/mol. The fourth-order valence-corrected chi connectivity index (χ4v) is 2.16. The Labute approximate surface area is 137 Å². The summed E-state index contributed by atoms with van der Waals surface area (Å²) in [6, 6.07) is 15.7. The highest BCUT2D eigenvalue weighted by Gasteiger charge is 2.09. The van der Waals surface area contributed by atoms with Crippen LogP contribution in [0.3, 0.4) is 0 Å². The van der Waals surface area contributed by atoms with Gasteiger partial charge in [-0.1, -0.05) is 36.4 Å². The zero-order valence-corrected chi connectivity index (χ0v) is 13.7. The molecule has 0 saturated carbocycles. The Hall–Kier alpha value is -2.33. The van der Waals surface area contributed by atoms with Gasteiger partial charge in [0.2, 0.25) is 5.91 Å². The van der Waals surface area contributed by atoms with E-state index in [-0.39, 0.29) is 11.9 Å². The van der Waals surface area contributed by atoms with Crippen molar-refractivity contribution in [3.63, 3.8) is 0 Å². The summed E-state index contributed by atoms with van der Waals surface area (Å²) in [5.41, 5.74) is 8.56. The van der Waals surface area contributed by atoms with E-state index in [9.17, 15) is 4.79 Å². The maximum Gasteiger partial charge on any atom is 0.224 e. The van der Waals surface area contributed by atoms with Crippen LogP contribution in [-0.4, -0.2) is 11.9 Å². The molecule has 4 heteroatoms. The van der Waals surface area contributed by atoms with Crippen molar-refractivity contribution in [2.45, 2.75) is 39.3 Å². The van der Waals surface area contributed by atoms with Crippen LogP contribution < -0.4 is 15.8 Å². The van der Waals surface area contributed by atoms with Crippen LogP contribution in [-0.2, 0) is 11.4 Å². The van der Waals surface area contributed by atoms with Crippen LogP contribution in [0.4, 0.5) is 5.69 Å². The molecule has 1 atom stereocenters. The predicted molar refractivity (Wildman–Crippen MR) is 93.5 cm³/mol. The number of carbonyl (C=O) groups excluding carboxylic acids is 1. The van der Waals surface area contributed by atoms with Crippen molar-refractivity contribution in [1.82, 2.24) is 0 Å². The lowest BCUT2D eigenvalue weighted by Crippen LogP contribution is -2.19. The molecule has 0 saturated heterocycles. The Balaban J connectivity index is 2.03. The standard InChI is InChI=1S/C19H24N2O2/c1-14-8-10-17(21-19(22)11-9-15(2)20)18(12-14)23-13-16-6-4-3-5-7-16/h3-8,10,12,15H,9,11,13,20H2,1-2H3,(H,21,22). The van der Waals surface area contributed by atoms with Crippen LogP contribution in [0.25, 0.3) is 0 Å². The maximum absolute atomic E-state index is 12.0. The fourth-order valence-electron chi connectivity index (χ4n) is 2.16. The number of ether oxygens (including phenoxy) is 1. The Bertz CT molecular complexity index is 639. The van der Waals surface area contributed by atoms with Crippen molar-refractivity contribution < 1.29 is 9.53 Å². The maximum atomic E-state index is 12.0. The quantitative estimate of drug-likeness (QED) is 0.820. The van der Waals surface area contributed by atoms with Gasteiger partial charge in [-0.2, -0.15) is 0 Å². The Morgan fingerprint density at radius 3 is 2.65 bits per heavy atom. The van der Waals surface area contributed by atoms with Crippen LogP contribution in [0.15, 0.2) is 48.5 Å². The van der Waals surface area contributed by atoms with E-state index < -0.39 is 0 Å². The van der Waals surface area contributed by atoms with E-state index >= 15 is 0 Å². The SMILES string of the molecule is Cc1ccc(NC(=O)CCC(C)N)c(OCc2ccccc2)c1. The minimum Gasteiger partial charge on any atom is -0.487 e. The molecule has 1 amide bonds. The minimum atomic E-state index is -0.0456. The second kappa shape index (κ2) is 8.34. The Kier molecular flexibility index (Phi) is 6.18. The number of anilines is 1. The molecule has 1 unspecified atom stereocenters. The van der Waals surface area contributed by atoms with Crippen molar-refractivity contribution in [2.24, 2.45) is 5.73 Å². The monoisotopic (exact) mass is 312 g/mol. The number of hydrogen-bond acceptors (Lipinski definition) is 3. The lowest BCUT2D eigenvalue weighted by Gasteiger charge is -2.14. The van der Waals surface area contributed by atoms with Crippen LogP contribution in [0.5, 0.6) is 5.75 Å². The number of benzene rings is 2. The van der Waals surface area contributed by atoms with E-state index in [1.165, 1.54) is 0 Å². The Morgan fingerprint density at radius 1 is 1.22 bits per heavy atom. The van der Waals surface area contributed by atoms with Crippen molar-refractivity contribution in [3.8, 4) is 5.75 Å². The third-order valence-electron chi connectivity index (χ3n) is 3.48. The van der Waals surface area contributed by atoms with Crippen molar-refractivity contribution in [3.05, 3.63) is 59.7 Å². The first kappa shape index (κ1) is 17.0. The van der Waals surface area contributed by atoms with Gasteiger partial charge in [0.25, 0.3) is 0 Å². The predicted octanol–water partition coefficient (Wildman–Crippen LogP) is 3.64. The zero-order valence-electron chi connectivity index (χ0n) is 13.7. The van der Waals surface area contributed by atoms with Gasteiger partial charge >= 0.3 is 0 Å². The molecule has 0 radical (unpaired) electrons. The molecule has 0 aliphatic carbocycles. The van der Waals surface area contributed by atoms with Crippen LogP contribution in [0.1, 0.15) is 30.9 Å². The van der Waals surface area contributed by atoms with Crippen LogP contribution >= 0.6 is 0 Å². The van der Waals surface area contributed by atoms with Crippen molar-refractivity contribution >= 4 is 11.6 Å². The van der Waals surface area contributed by atoms with Gasteiger partial charge in [-0.25, -0.2) is 0 Å². The first-order chi connectivity index (χ1) is 11.0. The smallest absolute Gasteiger partial charge is 0.224 e. The molecule has 122 valence electrons. The lowest BCUT2D eigenvalue weighted by molar-refractivity contribution is -0.116. The third-order valence-corrected chi connectivity index (χ3v) is 3.48. The molecule has 2 rings (SSSR count). The highest BCUT2D eigenvalue weighted by molar-refractivity contribution is 5.92. The van der Waals surface area contributed by atoms with Crippen LogP contribution in [0, 0.1) is 6.92 Å². The number of hydrogen-bond donors (Lipinski definition) is 2. The van der Waals surface area contributed by atoms with Crippen molar-refractivity contribution in [2.75, 3.05) is 5.32 Å². The van der Waals surface area contributed by atoms with E-state index in [0.717, 1.165) is 11.1 Å². The molecular formula is C19H24N2O2. The first-order valence-corrected chi connectivity index (χ1v) is 7.87. The van der Waals surface area contributed by atoms with Gasteiger partial charge in [-0.15, -0.1) is 0 Å². The van der Waals surface area contributed by atoms with E-state index in [4.69, 9.17) is 10.5 Å². The number of nitrogens with one attached hydrogen (secondary N) is 1. The number of rotatable bonds is 7. The topological polar surface area (TPSA) is 64.4 Å². The summed E-state index contributed by atoms with van der Waals surface area (Å²) < 4.78 is 5.89. The molecule has 0 fully saturated rings. The second-order valence-electron chi connectivity index (χ2n) is 5.84. The molecule has 0 aromatic heterocycles. The molecule has 23 heavy (non-hydrogen) atoms. The largest absolute Gasteiger partial charge is 0.487 e. The van der Waals surface area contributed by atoms with E-state index in [2.05, 4.69) is 5.32 Å². The van der Waals surface area contributed by atoms with Gasteiger partial charge in [0.1, 0.15) is 12.4 Å². The van der Waals surface area contributed by atoms with Gasteiger partial charge in [-0.05, 0) is 43.5 Å².